The van der Waals surface area contributed by atoms with E-state index in [0.717, 1.165) is 52.5 Å². The Kier molecular flexibility index (Phi) is 7.15. The molecule has 1 aliphatic heterocycles. The van der Waals surface area contributed by atoms with E-state index in [-0.39, 0.29) is 5.41 Å². The normalized spacial score (nSPS) is 24.3. The highest BCUT2D eigenvalue weighted by atomic mass is 16.5. The zero-order chi connectivity index (χ0) is 13.4. The van der Waals surface area contributed by atoms with Crippen LogP contribution < -0.4 is 5.32 Å². The number of hydrogen-bond donors (Lipinski definition) is 1. The number of nitrogens with zero attached hydrogens (tertiary/aromatic N) is 1. The van der Waals surface area contributed by atoms with Gasteiger partial charge in [-0.25, -0.2) is 0 Å². The molecule has 0 aromatic heterocycles. The molecule has 1 unspecified atom stereocenters. The number of hydrogen-bond acceptors (Lipinski definition) is 4. The lowest BCUT2D eigenvalue weighted by Crippen LogP contribution is -2.45. The molecule has 0 spiro atoms. The van der Waals surface area contributed by atoms with Gasteiger partial charge in [-0.05, 0) is 20.4 Å². The van der Waals surface area contributed by atoms with E-state index in [1.807, 2.05) is 6.92 Å². The van der Waals surface area contributed by atoms with Gasteiger partial charge in [0.25, 0.3) is 0 Å². The topological polar surface area (TPSA) is 33.7 Å². The molecule has 108 valence electrons. The van der Waals surface area contributed by atoms with Gasteiger partial charge in [0, 0.05) is 44.3 Å². The van der Waals surface area contributed by atoms with Crippen LogP contribution in [0.3, 0.4) is 0 Å². The maximum atomic E-state index is 5.62. The van der Waals surface area contributed by atoms with Crippen LogP contribution in [-0.2, 0) is 9.47 Å². The van der Waals surface area contributed by atoms with Crippen LogP contribution in [0.25, 0.3) is 0 Å². The lowest BCUT2D eigenvalue weighted by atomic mass is 9.86. The van der Waals surface area contributed by atoms with E-state index in [4.69, 9.17) is 9.47 Å². The SMILES string of the molecule is CCOCCN(C)CC1(CNC(C)C)CCOC1. The van der Waals surface area contributed by atoms with Crippen LogP contribution in [-0.4, -0.2) is 64.1 Å². The van der Waals surface area contributed by atoms with E-state index in [1.165, 1.54) is 0 Å². The number of likely N-dealkylation sites (N-methyl/N-ethyl adjacent to an activating group) is 1. The van der Waals surface area contributed by atoms with E-state index in [1.54, 1.807) is 0 Å². The number of ether oxygens (including phenoxy) is 2. The molecule has 0 saturated carbocycles. The van der Waals surface area contributed by atoms with Gasteiger partial charge in [-0.2, -0.15) is 0 Å². The van der Waals surface area contributed by atoms with Gasteiger partial charge in [0.1, 0.15) is 0 Å². The molecule has 4 nitrogen and oxygen atoms in total. The minimum absolute atomic E-state index is 0.283. The monoisotopic (exact) mass is 258 g/mol. The van der Waals surface area contributed by atoms with E-state index in [0.29, 0.717) is 6.04 Å². The molecule has 1 saturated heterocycles. The van der Waals surface area contributed by atoms with Crippen LogP contribution in [0.2, 0.25) is 0 Å². The molecular weight excluding hydrogens is 228 g/mol. The smallest absolute Gasteiger partial charge is 0.0593 e. The van der Waals surface area contributed by atoms with Crippen LogP contribution in [0.15, 0.2) is 0 Å². The second kappa shape index (κ2) is 8.10. The van der Waals surface area contributed by atoms with Crippen molar-refractivity contribution in [2.45, 2.75) is 33.2 Å². The van der Waals surface area contributed by atoms with Gasteiger partial charge < -0.3 is 19.7 Å². The van der Waals surface area contributed by atoms with Crippen LogP contribution in [0.5, 0.6) is 0 Å². The second-order valence-corrected chi connectivity index (χ2v) is 5.77. The summed E-state index contributed by atoms with van der Waals surface area (Å²) in [6.07, 6.45) is 1.16. The molecule has 0 aromatic carbocycles. The third-order valence-corrected chi connectivity index (χ3v) is 3.50. The predicted molar refractivity (Wildman–Crippen MR) is 75.0 cm³/mol. The molecule has 0 amide bonds. The molecule has 1 fully saturated rings. The van der Waals surface area contributed by atoms with Crippen LogP contribution in [0, 0.1) is 5.41 Å². The molecule has 1 N–H and O–H groups in total. The van der Waals surface area contributed by atoms with Crippen LogP contribution >= 0.6 is 0 Å². The zero-order valence-electron chi connectivity index (χ0n) is 12.5. The van der Waals surface area contributed by atoms with Gasteiger partial charge in [0.15, 0.2) is 0 Å². The van der Waals surface area contributed by atoms with Gasteiger partial charge >= 0.3 is 0 Å². The fraction of sp³-hybridized carbons (Fsp3) is 1.00. The quantitative estimate of drug-likeness (QED) is 0.633. The van der Waals surface area contributed by atoms with Gasteiger partial charge in [0.2, 0.25) is 0 Å². The average molecular weight is 258 g/mol. The highest BCUT2D eigenvalue weighted by molar-refractivity contribution is 4.88. The Morgan fingerprint density at radius 1 is 1.44 bits per heavy atom. The van der Waals surface area contributed by atoms with Gasteiger partial charge in [-0.15, -0.1) is 0 Å². The van der Waals surface area contributed by atoms with Gasteiger partial charge in [0.05, 0.1) is 13.2 Å². The Morgan fingerprint density at radius 3 is 2.78 bits per heavy atom. The van der Waals surface area contributed by atoms with Crippen molar-refractivity contribution in [2.24, 2.45) is 5.41 Å². The maximum absolute atomic E-state index is 5.62. The van der Waals surface area contributed by atoms with Crippen molar-refractivity contribution < 1.29 is 9.47 Å². The van der Waals surface area contributed by atoms with Crippen molar-refractivity contribution in [1.82, 2.24) is 10.2 Å². The molecule has 1 atom stereocenters. The van der Waals surface area contributed by atoms with Crippen molar-refractivity contribution in [3.05, 3.63) is 0 Å². The second-order valence-electron chi connectivity index (χ2n) is 5.77. The minimum Gasteiger partial charge on any atom is -0.381 e. The molecule has 0 aromatic rings. The van der Waals surface area contributed by atoms with E-state index in [2.05, 4.69) is 31.1 Å². The first-order valence-electron chi connectivity index (χ1n) is 7.15. The molecule has 0 bridgehead atoms. The highest BCUT2D eigenvalue weighted by Gasteiger charge is 2.35. The van der Waals surface area contributed by atoms with E-state index >= 15 is 0 Å². The molecule has 0 aliphatic carbocycles. The predicted octanol–water partition coefficient (Wildman–Crippen LogP) is 1.36. The van der Waals surface area contributed by atoms with E-state index < -0.39 is 0 Å². The molecule has 1 aliphatic rings. The maximum Gasteiger partial charge on any atom is 0.0593 e. The molecular formula is C14H30N2O2. The summed E-state index contributed by atoms with van der Waals surface area (Å²) < 4.78 is 11.0. The van der Waals surface area contributed by atoms with Gasteiger partial charge in [-0.1, -0.05) is 13.8 Å². The number of rotatable bonds is 9. The standard InChI is InChI=1S/C14H30N2O2/c1-5-17-9-7-16(4)11-14(6-8-18-12-14)10-15-13(2)3/h13,15H,5-12H2,1-4H3. The first kappa shape index (κ1) is 15.9. The summed E-state index contributed by atoms with van der Waals surface area (Å²) in [5, 5.41) is 3.56. The molecule has 18 heavy (non-hydrogen) atoms. The Balaban J connectivity index is 2.36. The number of nitrogens with one attached hydrogen (secondary N) is 1. The van der Waals surface area contributed by atoms with Crippen molar-refractivity contribution >= 4 is 0 Å². The van der Waals surface area contributed by atoms with Crippen LogP contribution in [0.1, 0.15) is 27.2 Å². The average Bonchev–Trinajstić information content (AvgIpc) is 2.76. The van der Waals surface area contributed by atoms with Crippen LogP contribution in [0.4, 0.5) is 0 Å². The largest absolute Gasteiger partial charge is 0.381 e. The summed E-state index contributed by atoms with van der Waals surface area (Å²) in [4.78, 5) is 2.37. The molecule has 4 heteroatoms. The van der Waals surface area contributed by atoms with Crippen molar-refractivity contribution in [3.63, 3.8) is 0 Å². The van der Waals surface area contributed by atoms with Crippen molar-refractivity contribution in [3.8, 4) is 0 Å². The third-order valence-electron chi connectivity index (χ3n) is 3.50. The Labute approximate surface area is 112 Å². The third kappa shape index (κ3) is 5.65. The van der Waals surface area contributed by atoms with Crippen molar-refractivity contribution in [2.75, 3.05) is 53.1 Å². The first-order valence-corrected chi connectivity index (χ1v) is 7.15. The van der Waals surface area contributed by atoms with Gasteiger partial charge in [-0.3, -0.25) is 0 Å². The molecule has 1 rings (SSSR count). The summed E-state index contributed by atoms with van der Waals surface area (Å²) >= 11 is 0. The molecule has 0 radical (unpaired) electrons. The van der Waals surface area contributed by atoms with Crippen molar-refractivity contribution in [1.29, 1.82) is 0 Å². The summed E-state index contributed by atoms with van der Waals surface area (Å²) in [5.74, 6) is 0. The fourth-order valence-corrected chi connectivity index (χ4v) is 2.41. The Morgan fingerprint density at radius 2 is 2.22 bits per heavy atom. The summed E-state index contributed by atoms with van der Waals surface area (Å²) in [6.45, 7) is 13.0. The summed E-state index contributed by atoms with van der Waals surface area (Å²) in [7, 11) is 2.18. The fourth-order valence-electron chi connectivity index (χ4n) is 2.41. The summed E-state index contributed by atoms with van der Waals surface area (Å²) in [5.41, 5.74) is 0.283. The minimum atomic E-state index is 0.283. The lowest BCUT2D eigenvalue weighted by molar-refractivity contribution is 0.0866. The lowest BCUT2D eigenvalue weighted by Gasteiger charge is -2.33. The highest BCUT2D eigenvalue weighted by Crippen LogP contribution is 2.28. The zero-order valence-corrected chi connectivity index (χ0v) is 12.5. The molecule has 1 heterocycles. The Hall–Kier alpha value is -0.160. The Bertz CT molecular complexity index is 216. The van der Waals surface area contributed by atoms with E-state index in [9.17, 15) is 0 Å². The summed E-state index contributed by atoms with van der Waals surface area (Å²) in [6, 6.07) is 0.538. The first-order chi connectivity index (χ1) is 8.58.